The zero-order valence-corrected chi connectivity index (χ0v) is 17.6. The van der Waals surface area contributed by atoms with Crippen LogP contribution in [0.25, 0.3) is 22.4 Å². The van der Waals surface area contributed by atoms with E-state index in [2.05, 4.69) is 20.5 Å². The lowest BCUT2D eigenvalue weighted by molar-refractivity contribution is 0.415. The summed E-state index contributed by atoms with van der Waals surface area (Å²) in [5.74, 6) is 2.49. The molecule has 2 aromatic heterocycles. The number of hydrogen-bond acceptors (Lipinski definition) is 7. The number of benzene rings is 3. The Balaban J connectivity index is 1.39. The standard InChI is InChI=1S/C25H20N4O3/c1-16-5-3-7-18(13-16)27-25-29-28-24(32-25)17-6-4-8-20(14-17)31-23-11-12-26-22-15-19(30-2)9-10-21(22)23/h3-15H,1-2H3,(H,27,29). The fraction of sp³-hybridized carbons (Fsp3) is 0.0800. The number of nitrogens with zero attached hydrogens (tertiary/aromatic N) is 3. The molecule has 0 saturated carbocycles. The van der Waals surface area contributed by atoms with Crippen LogP contribution >= 0.6 is 0 Å². The van der Waals surface area contributed by atoms with Crippen molar-refractivity contribution in [3.8, 4) is 28.7 Å². The van der Waals surface area contributed by atoms with Crippen LogP contribution in [0.5, 0.6) is 17.2 Å². The van der Waals surface area contributed by atoms with Crippen molar-refractivity contribution in [3.63, 3.8) is 0 Å². The smallest absolute Gasteiger partial charge is 0.320 e. The summed E-state index contributed by atoms with van der Waals surface area (Å²) in [6.07, 6.45) is 1.71. The van der Waals surface area contributed by atoms with Crippen LogP contribution in [-0.4, -0.2) is 22.3 Å². The molecule has 0 bridgehead atoms. The summed E-state index contributed by atoms with van der Waals surface area (Å²) in [7, 11) is 1.63. The molecule has 0 fully saturated rings. The van der Waals surface area contributed by atoms with E-state index in [1.807, 2.05) is 79.7 Å². The van der Waals surface area contributed by atoms with Gasteiger partial charge in [-0.05, 0) is 61.0 Å². The molecule has 0 radical (unpaired) electrons. The second kappa shape index (κ2) is 8.39. The van der Waals surface area contributed by atoms with Crippen LogP contribution in [0.4, 0.5) is 11.7 Å². The molecule has 158 valence electrons. The van der Waals surface area contributed by atoms with E-state index in [0.717, 1.165) is 33.5 Å². The van der Waals surface area contributed by atoms with E-state index in [0.29, 0.717) is 23.4 Å². The third-order valence-electron chi connectivity index (χ3n) is 4.91. The number of hydrogen-bond donors (Lipinski definition) is 1. The predicted octanol–water partition coefficient (Wildman–Crippen LogP) is 6.14. The highest BCUT2D eigenvalue weighted by molar-refractivity contribution is 5.86. The second-order valence-corrected chi connectivity index (χ2v) is 7.23. The minimum absolute atomic E-state index is 0.325. The number of ether oxygens (including phenoxy) is 2. The van der Waals surface area contributed by atoms with E-state index in [-0.39, 0.29) is 0 Å². The maximum atomic E-state index is 6.16. The fourth-order valence-electron chi connectivity index (χ4n) is 3.37. The molecule has 5 aromatic rings. The van der Waals surface area contributed by atoms with Gasteiger partial charge in [-0.1, -0.05) is 23.3 Å². The van der Waals surface area contributed by atoms with Gasteiger partial charge in [-0.25, -0.2) is 0 Å². The lowest BCUT2D eigenvalue weighted by Gasteiger charge is -2.10. The van der Waals surface area contributed by atoms with Crippen molar-refractivity contribution in [1.82, 2.24) is 15.2 Å². The summed E-state index contributed by atoms with van der Waals surface area (Å²) in [4.78, 5) is 4.40. The van der Waals surface area contributed by atoms with Gasteiger partial charge in [0.25, 0.3) is 0 Å². The molecule has 5 rings (SSSR count). The van der Waals surface area contributed by atoms with Crippen LogP contribution in [0, 0.1) is 6.92 Å². The molecule has 7 heteroatoms. The number of anilines is 2. The van der Waals surface area contributed by atoms with Gasteiger partial charge in [0, 0.05) is 28.9 Å². The van der Waals surface area contributed by atoms with Gasteiger partial charge < -0.3 is 19.2 Å². The molecule has 0 aliphatic heterocycles. The van der Waals surface area contributed by atoms with Crippen molar-refractivity contribution in [1.29, 1.82) is 0 Å². The molecule has 3 aromatic carbocycles. The predicted molar refractivity (Wildman–Crippen MR) is 123 cm³/mol. The molecule has 32 heavy (non-hydrogen) atoms. The van der Waals surface area contributed by atoms with Crippen LogP contribution in [0.15, 0.2) is 83.4 Å². The summed E-state index contributed by atoms with van der Waals surface area (Å²) >= 11 is 0. The van der Waals surface area contributed by atoms with Crippen LogP contribution in [0.2, 0.25) is 0 Å². The monoisotopic (exact) mass is 424 g/mol. The SMILES string of the molecule is COc1ccc2c(Oc3cccc(-c4nnc(Nc5cccc(C)c5)o4)c3)ccnc2c1. The maximum Gasteiger partial charge on any atom is 0.320 e. The summed E-state index contributed by atoms with van der Waals surface area (Å²) in [5.41, 5.74) is 3.58. The quantitative estimate of drug-likeness (QED) is 0.351. The number of rotatable bonds is 6. The van der Waals surface area contributed by atoms with Crippen molar-refractivity contribution in [2.24, 2.45) is 0 Å². The van der Waals surface area contributed by atoms with Crippen molar-refractivity contribution in [3.05, 3.63) is 84.6 Å². The molecule has 0 atom stereocenters. The summed E-state index contributed by atoms with van der Waals surface area (Å²) in [6.45, 7) is 2.03. The van der Waals surface area contributed by atoms with E-state index >= 15 is 0 Å². The second-order valence-electron chi connectivity index (χ2n) is 7.23. The van der Waals surface area contributed by atoms with Crippen LogP contribution in [0.1, 0.15) is 5.56 Å². The van der Waals surface area contributed by atoms with Gasteiger partial charge in [-0.15, -0.1) is 5.10 Å². The number of aromatic nitrogens is 3. The molecule has 0 amide bonds. The number of pyridine rings is 1. The summed E-state index contributed by atoms with van der Waals surface area (Å²) in [6, 6.07) is 23.3. The lowest BCUT2D eigenvalue weighted by atomic mass is 10.2. The zero-order valence-electron chi connectivity index (χ0n) is 17.6. The molecular formula is C25H20N4O3. The Kier molecular flexibility index (Phi) is 5.13. The molecular weight excluding hydrogens is 404 g/mol. The van der Waals surface area contributed by atoms with Gasteiger partial charge in [0.05, 0.1) is 12.6 Å². The zero-order chi connectivity index (χ0) is 21.9. The van der Waals surface area contributed by atoms with Crippen molar-refractivity contribution in [2.45, 2.75) is 6.92 Å². The van der Waals surface area contributed by atoms with E-state index in [1.165, 1.54) is 0 Å². The topological polar surface area (TPSA) is 82.3 Å². The fourth-order valence-corrected chi connectivity index (χ4v) is 3.37. The highest BCUT2D eigenvalue weighted by Gasteiger charge is 2.11. The Morgan fingerprint density at radius 3 is 2.66 bits per heavy atom. The third kappa shape index (κ3) is 4.09. The number of nitrogens with one attached hydrogen (secondary N) is 1. The first-order valence-corrected chi connectivity index (χ1v) is 10.1. The highest BCUT2D eigenvalue weighted by Crippen LogP contribution is 2.32. The Hall–Kier alpha value is -4.39. The molecule has 1 N–H and O–H groups in total. The van der Waals surface area contributed by atoms with Gasteiger partial charge in [0.15, 0.2) is 0 Å². The van der Waals surface area contributed by atoms with Crippen LogP contribution in [-0.2, 0) is 0 Å². The highest BCUT2D eigenvalue weighted by atomic mass is 16.5. The molecule has 7 nitrogen and oxygen atoms in total. The molecule has 2 heterocycles. The minimum Gasteiger partial charge on any atom is -0.497 e. The minimum atomic E-state index is 0.325. The summed E-state index contributed by atoms with van der Waals surface area (Å²) in [5, 5.41) is 12.3. The first-order valence-electron chi connectivity index (χ1n) is 10.1. The van der Waals surface area contributed by atoms with Crippen LogP contribution in [0.3, 0.4) is 0 Å². The molecule has 0 unspecified atom stereocenters. The molecule has 0 spiro atoms. The Morgan fingerprint density at radius 2 is 1.78 bits per heavy atom. The Morgan fingerprint density at radius 1 is 0.875 bits per heavy atom. The lowest BCUT2D eigenvalue weighted by Crippen LogP contribution is -1.90. The van der Waals surface area contributed by atoms with Gasteiger partial charge >= 0.3 is 6.01 Å². The van der Waals surface area contributed by atoms with E-state index < -0.39 is 0 Å². The number of methoxy groups -OCH3 is 1. The van der Waals surface area contributed by atoms with Crippen molar-refractivity contribution < 1.29 is 13.9 Å². The first kappa shape index (κ1) is 19.6. The summed E-state index contributed by atoms with van der Waals surface area (Å²) < 4.78 is 17.2. The maximum absolute atomic E-state index is 6.16. The Bertz CT molecular complexity index is 1400. The average Bonchev–Trinajstić information content (AvgIpc) is 3.27. The Labute approximate surface area is 184 Å². The number of aryl methyl sites for hydroxylation is 1. The van der Waals surface area contributed by atoms with E-state index in [4.69, 9.17) is 13.9 Å². The van der Waals surface area contributed by atoms with Gasteiger partial charge in [-0.3, -0.25) is 4.98 Å². The third-order valence-corrected chi connectivity index (χ3v) is 4.91. The normalized spacial score (nSPS) is 10.8. The molecule has 0 aliphatic carbocycles. The first-order chi connectivity index (χ1) is 15.7. The molecule has 0 aliphatic rings. The van der Waals surface area contributed by atoms with Gasteiger partial charge in [-0.2, -0.15) is 0 Å². The van der Waals surface area contributed by atoms with Crippen LogP contribution < -0.4 is 14.8 Å². The van der Waals surface area contributed by atoms with Crippen molar-refractivity contribution in [2.75, 3.05) is 12.4 Å². The molecule has 0 saturated heterocycles. The van der Waals surface area contributed by atoms with Gasteiger partial charge in [0.2, 0.25) is 5.89 Å². The van der Waals surface area contributed by atoms with E-state index in [1.54, 1.807) is 13.3 Å². The largest absolute Gasteiger partial charge is 0.497 e. The van der Waals surface area contributed by atoms with Gasteiger partial charge in [0.1, 0.15) is 17.2 Å². The van der Waals surface area contributed by atoms with Crippen molar-refractivity contribution >= 4 is 22.6 Å². The van der Waals surface area contributed by atoms with E-state index in [9.17, 15) is 0 Å². The number of fused-ring (bicyclic) bond motifs is 1. The average molecular weight is 424 g/mol.